The van der Waals surface area contributed by atoms with Gasteiger partial charge in [0.15, 0.2) is 5.13 Å². The van der Waals surface area contributed by atoms with Gasteiger partial charge in [-0.25, -0.2) is 13.8 Å². The van der Waals surface area contributed by atoms with Crippen LogP contribution in [0.3, 0.4) is 0 Å². The van der Waals surface area contributed by atoms with E-state index in [1.807, 2.05) is 12.1 Å². The van der Waals surface area contributed by atoms with Crippen LogP contribution in [0.15, 0.2) is 12.1 Å². The van der Waals surface area contributed by atoms with E-state index in [0.717, 1.165) is 21.1 Å². The Balaban J connectivity index is 1.49. The summed E-state index contributed by atoms with van der Waals surface area (Å²) in [5.74, 6) is -1.42. The second-order valence-electron chi connectivity index (χ2n) is 7.26. The minimum absolute atomic E-state index is 0.0192. The van der Waals surface area contributed by atoms with Crippen LogP contribution in [-0.2, 0) is 4.79 Å². The van der Waals surface area contributed by atoms with Crippen molar-refractivity contribution in [3.8, 4) is 11.5 Å². The molecule has 0 aliphatic carbocycles. The molecule has 0 radical (unpaired) electrons. The van der Waals surface area contributed by atoms with Crippen molar-refractivity contribution in [1.82, 2.24) is 9.88 Å². The standard InChI is InChI=1S/C19H23F2N3O3S/c1-26-13-3-4-14(27-2)16-15(13)22-18(28-16)24-8-5-12(11-24)17(25)23-9-6-19(20,21)7-10-23/h3-4,12H,5-11H2,1-2H3. The number of rotatable bonds is 4. The molecule has 1 unspecified atom stereocenters. The van der Waals surface area contributed by atoms with Crippen LogP contribution in [-0.4, -0.2) is 62.1 Å². The highest BCUT2D eigenvalue weighted by Crippen LogP contribution is 2.41. The summed E-state index contributed by atoms with van der Waals surface area (Å²) in [4.78, 5) is 21.2. The van der Waals surface area contributed by atoms with Gasteiger partial charge >= 0.3 is 0 Å². The van der Waals surface area contributed by atoms with Crippen LogP contribution in [0.4, 0.5) is 13.9 Å². The van der Waals surface area contributed by atoms with Crippen molar-refractivity contribution in [1.29, 1.82) is 0 Å². The third kappa shape index (κ3) is 3.47. The molecule has 9 heteroatoms. The number of carbonyl (C=O) groups excluding carboxylic acids is 1. The predicted octanol–water partition coefficient (Wildman–Crippen LogP) is 3.40. The quantitative estimate of drug-likeness (QED) is 0.772. The predicted molar refractivity (Wildman–Crippen MR) is 104 cm³/mol. The molecule has 2 saturated heterocycles. The molecular weight excluding hydrogens is 388 g/mol. The van der Waals surface area contributed by atoms with Crippen molar-refractivity contribution in [2.24, 2.45) is 5.92 Å². The van der Waals surface area contributed by atoms with Crippen molar-refractivity contribution in [3.05, 3.63) is 12.1 Å². The third-order valence-corrected chi connectivity index (χ3v) is 6.64. The Morgan fingerprint density at radius 2 is 1.86 bits per heavy atom. The lowest BCUT2D eigenvalue weighted by molar-refractivity contribution is -0.140. The van der Waals surface area contributed by atoms with Crippen LogP contribution >= 0.6 is 11.3 Å². The van der Waals surface area contributed by atoms with E-state index >= 15 is 0 Å². The summed E-state index contributed by atoms with van der Waals surface area (Å²) in [6, 6.07) is 3.68. The zero-order valence-corrected chi connectivity index (χ0v) is 16.7. The number of ether oxygens (including phenoxy) is 2. The molecule has 1 atom stereocenters. The SMILES string of the molecule is COc1ccc(OC)c2sc(N3CCC(C(=O)N4CCC(F)(F)CC4)C3)nc12. The number of benzene rings is 1. The van der Waals surface area contributed by atoms with Gasteiger partial charge in [-0.05, 0) is 18.6 Å². The monoisotopic (exact) mass is 411 g/mol. The van der Waals surface area contributed by atoms with Gasteiger partial charge in [0, 0.05) is 39.0 Å². The average Bonchev–Trinajstić information content (AvgIpc) is 3.34. The van der Waals surface area contributed by atoms with E-state index in [1.54, 1.807) is 19.1 Å². The number of likely N-dealkylation sites (tertiary alicyclic amines) is 1. The maximum absolute atomic E-state index is 13.4. The van der Waals surface area contributed by atoms with Crippen LogP contribution in [0.1, 0.15) is 19.3 Å². The highest BCUT2D eigenvalue weighted by Gasteiger charge is 2.39. The second kappa shape index (κ2) is 7.35. The Hall–Kier alpha value is -2.16. The van der Waals surface area contributed by atoms with Crippen molar-refractivity contribution in [3.63, 3.8) is 0 Å². The first kappa shape index (κ1) is 19.2. The van der Waals surface area contributed by atoms with E-state index in [2.05, 4.69) is 4.90 Å². The number of aromatic nitrogens is 1. The summed E-state index contributed by atoms with van der Waals surface area (Å²) < 4.78 is 38.5. The number of alkyl halides is 2. The van der Waals surface area contributed by atoms with Gasteiger partial charge < -0.3 is 19.3 Å². The number of carbonyl (C=O) groups is 1. The fourth-order valence-corrected chi connectivity index (χ4v) is 4.97. The summed E-state index contributed by atoms with van der Waals surface area (Å²) >= 11 is 1.51. The van der Waals surface area contributed by atoms with Gasteiger partial charge in [0.1, 0.15) is 21.7 Å². The van der Waals surface area contributed by atoms with Crippen molar-refractivity contribution < 1.29 is 23.0 Å². The van der Waals surface area contributed by atoms with Crippen LogP contribution in [0, 0.1) is 5.92 Å². The van der Waals surface area contributed by atoms with E-state index < -0.39 is 5.92 Å². The summed E-state index contributed by atoms with van der Waals surface area (Å²) in [5.41, 5.74) is 0.745. The molecule has 2 aliphatic rings. The Labute approximate surface area is 166 Å². The maximum atomic E-state index is 13.4. The number of piperidine rings is 1. The molecule has 6 nitrogen and oxygen atoms in total. The lowest BCUT2D eigenvalue weighted by atomic mass is 10.0. The van der Waals surface area contributed by atoms with E-state index in [9.17, 15) is 13.6 Å². The lowest BCUT2D eigenvalue weighted by Gasteiger charge is -2.33. The van der Waals surface area contributed by atoms with Crippen LogP contribution in [0.2, 0.25) is 0 Å². The molecule has 2 aliphatic heterocycles. The molecule has 1 aromatic carbocycles. The molecule has 1 amide bonds. The first-order chi connectivity index (χ1) is 13.4. The van der Waals surface area contributed by atoms with E-state index in [0.29, 0.717) is 25.3 Å². The lowest BCUT2D eigenvalue weighted by Crippen LogP contribution is -2.45. The van der Waals surface area contributed by atoms with E-state index in [1.165, 1.54) is 11.3 Å². The van der Waals surface area contributed by atoms with Gasteiger partial charge in [0.25, 0.3) is 5.92 Å². The molecule has 1 aromatic heterocycles. The molecule has 28 heavy (non-hydrogen) atoms. The van der Waals surface area contributed by atoms with Crippen LogP contribution in [0.25, 0.3) is 10.2 Å². The fraction of sp³-hybridized carbons (Fsp3) is 0.579. The number of methoxy groups -OCH3 is 2. The molecule has 2 aromatic rings. The molecular formula is C19H23F2N3O3S. The smallest absolute Gasteiger partial charge is 0.251 e. The Kier molecular flexibility index (Phi) is 5.03. The number of hydrogen-bond acceptors (Lipinski definition) is 6. The van der Waals surface area contributed by atoms with Crippen LogP contribution in [0.5, 0.6) is 11.5 Å². The number of nitrogens with zero attached hydrogens (tertiary/aromatic N) is 3. The number of amides is 1. The Morgan fingerprint density at radius 3 is 2.54 bits per heavy atom. The molecule has 0 spiro atoms. The van der Waals surface area contributed by atoms with Gasteiger partial charge in [0.05, 0.1) is 20.1 Å². The Morgan fingerprint density at radius 1 is 1.18 bits per heavy atom. The van der Waals surface area contributed by atoms with Crippen LogP contribution < -0.4 is 14.4 Å². The normalized spacial score (nSPS) is 21.9. The second-order valence-corrected chi connectivity index (χ2v) is 8.23. The van der Waals surface area contributed by atoms with Gasteiger partial charge in [0.2, 0.25) is 5.91 Å². The number of anilines is 1. The summed E-state index contributed by atoms with van der Waals surface area (Å²) in [6.45, 7) is 1.54. The molecule has 2 fully saturated rings. The molecule has 3 heterocycles. The highest BCUT2D eigenvalue weighted by molar-refractivity contribution is 7.22. The third-order valence-electron chi connectivity index (χ3n) is 5.51. The highest BCUT2D eigenvalue weighted by atomic mass is 32.1. The summed E-state index contributed by atoms with van der Waals surface area (Å²) in [7, 11) is 3.22. The van der Waals surface area contributed by atoms with Crippen molar-refractivity contribution in [2.75, 3.05) is 45.3 Å². The summed E-state index contributed by atoms with van der Waals surface area (Å²) in [6.07, 6.45) is 0.217. The van der Waals surface area contributed by atoms with Gasteiger partial charge in [-0.1, -0.05) is 11.3 Å². The summed E-state index contributed by atoms with van der Waals surface area (Å²) in [5, 5.41) is 0.818. The molecule has 152 valence electrons. The zero-order valence-electron chi connectivity index (χ0n) is 15.9. The van der Waals surface area contributed by atoms with Crippen molar-refractivity contribution in [2.45, 2.75) is 25.2 Å². The van der Waals surface area contributed by atoms with Gasteiger partial charge in [-0.2, -0.15) is 0 Å². The average molecular weight is 411 g/mol. The molecule has 0 N–H and O–H groups in total. The van der Waals surface area contributed by atoms with Crippen molar-refractivity contribution >= 4 is 32.6 Å². The minimum atomic E-state index is -2.64. The van der Waals surface area contributed by atoms with Gasteiger partial charge in [-0.3, -0.25) is 4.79 Å². The Bertz CT molecular complexity index is 838. The maximum Gasteiger partial charge on any atom is 0.251 e. The topological polar surface area (TPSA) is 54.9 Å². The molecule has 0 bridgehead atoms. The number of hydrogen-bond donors (Lipinski definition) is 0. The van der Waals surface area contributed by atoms with E-state index in [4.69, 9.17) is 14.5 Å². The molecule has 0 saturated carbocycles. The van der Waals surface area contributed by atoms with E-state index in [-0.39, 0.29) is 37.8 Å². The number of thiazole rings is 1. The largest absolute Gasteiger partial charge is 0.495 e. The fourth-order valence-electron chi connectivity index (χ4n) is 3.86. The minimum Gasteiger partial charge on any atom is -0.495 e. The zero-order chi connectivity index (χ0) is 19.9. The first-order valence-electron chi connectivity index (χ1n) is 9.35. The number of fused-ring (bicyclic) bond motifs is 1. The first-order valence-corrected chi connectivity index (χ1v) is 10.2. The molecule has 4 rings (SSSR count). The number of halogens is 2. The van der Waals surface area contributed by atoms with Gasteiger partial charge in [-0.15, -0.1) is 0 Å².